The molecule has 70 valence electrons. The Labute approximate surface area is 95.1 Å². The van der Waals surface area contributed by atoms with E-state index in [-0.39, 0.29) is 0 Å². The van der Waals surface area contributed by atoms with Crippen LogP contribution in [-0.2, 0) is 6.42 Å². The Kier molecular flexibility index (Phi) is 2.58. The minimum Gasteiger partial charge on any atom is -0.192 e. The summed E-state index contributed by atoms with van der Waals surface area (Å²) in [6, 6.07) is 8.43. The van der Waals surface area contributed by atoms with Crippen LogP contribution in [0.25, 0.3) is 10.1 Å². The molecule has 0 saturated heterocycles. The van der Waals surface area contributed by atoms with Crippen molar-refractivity contribution in [3.8, 4) is 6.07 Å². The maximum atomic E-state index is 8.97. The lowest BCUT2D eigenvalue weighted by Gasteiger charge is -1.94. The van der Waals surface area contributed by atoms with Gasteiger partial charge in [-0.2, -0.15) is 5.26 Å². The van der Waals surface area contributed by atoms with E-state index >= 15 is 0 Å². The minimum atomic E-state index is 0.848. The van der Waals surface area contributed by atoms with E-state index in [1.807, 2.05) is 6.07 Å². The van der Waals surface area contributed by atoms with E-state index in [1.54, 1.807) is 11.3 Å². The van der Waals surface area contributed by atoms with Crippen LogP contribution in [0, 0.1) is 11.3 Å². The lowest BCUT2D eigenvalue weighted by Crippen LogP contribution is -1.79. The van der Waals surface area contributed by atoms with Gasteiger partial charge in [0.1, 0.15) is 10.9 Å². The topological polar surface area (TPSA) is 23.8 Å². The van der Waals surface area contributed by atoms with Crippen LogP contribution in [0.3, 0.4) is 0 Å². The van der Waals surface area contributed by atoms with E-state index < -0.39 is 0 Å². The molecule has 2 aromatic rings. The zero-order valence-corrected chi connectivity index (χ0v) is 10.1. The molecule has 0 spiro atoms. The van der Waals surface area contributed by atoms with Crippen LogP contribution in [0.1, 0.15) is 17.4 Å². The molecule has 0 amide bonds. The zero-order chi connectivity index (χ0) is 10.1. The van der Waals surface area contributed by atoms with E-state index in [9.17, 15) is 0 Å². The number of fused-ring (bicyclic) bond motifs is 1. The molecule has 0 aliphatic rings. The van der Waals surface area contributed by atoms with Gasteiger partial charge in [-0.05, 0) is 29.5 Å². The second-order valence-corrected chi connectivity index (χ2v) is 4.98. The normalized spacial score (nSPS) is 10.4. The van der Waals surface area contributed by atoms with Gasteiger partial charge < -0.3 is 0 Å². The van der Waals surface area contributed by atoms with Crippen LogP contribution in [0.5, 0.6) is 0 Å². The summed E-state index contributed by atoms with van der Waals surface area (Å²) in [4.78, 5) is 0.848. The Bertz CT molecular complexity index is 522. The zero-order valence-electron chi connectivity index (χ0n) is 7.67. The van der Waals surface area contributed by atoms with Crippen molar-refractivity contribution in [2.24, 2.45) is 0 Å². The third-order valence-electron chi connectivity index (χ3n) is 2.21. The van der Waals surface area contributed by atoms with Crippen molar-refractivity contribution in [1.29, 1.82) is 5.26 Å². The lowest BCUT2D eigenvalue weighted by molar-refractivity contribution is 1.16. The molecule has 14 heavy (non-hydrogen) atoms. The standard InChI is InChI=1S/C11H8BrNS/c1-2-8-9-4-3-7(12)5-10(9)14-11(8)6-13/h3-5H,2H2,1H3. The fourth-order valence-corrected chi connectivity index (χ4v) is 3.21. The largest absolute Gasteiger partial charge is 0.192 e. The molecule has 0 unspecified atom stereocenters. The summed E-state index contributed by atoms with van der Waals surface area (Å²) in [6.07, 6.45) is 0.921. The number of aryl methyl sites for hydroxylation is 1. The number of nitrogens with zero attached hydrogens (tertiary/aromatic N) is 1. The minimum absolute atomic E-state index is 0.848. The van der Waals surface area contributed by atoms with E-state index in [0.717, 1.165) is 15.8 Å². The average molecular weight is 266 g/mol. The van der Waals surface area contributed by atoms with Crippen molar-refractivity contribution in [3.05, 3.63) is 33.1 Å². The molecule has 1 heterocycles. The highest BCUT2D eigenvalue weighted by Gasteiger charge is 2.09. The molecule has 0 bridgehead atoms. The molecule has 2 rings (SSSR count). The smallest absolute Gasteiger partial charge is 0.110 e. The molecule has 1 aromatic heterocycles. The predicted molar refractivity (Wildman–Crippen MR) is 63.6 cm³/mol. The highest BCUT2D eigenvalue weighted by molar-refractivity contribution is 9.10. The summed E-state index contributed by atoms with van der Waals surface area (Å²) in [6.45, 7) is 2.09. The molecule has 0 N–H and O–H groups in total. The molecule has 0 atom stereocenters. The van der Waals surface area contributed by atoms with Crippen LogP contribution in [0.4, 0.5) is 0 Å². The molecule has 1 nitrogen and oxygen atoms in total. The fourth-order valence-electron chi connectivity index (χ4n) is 1.57. The van der Waals surface area contributed by atoms with Crippen molar-refractivity contribution in [2.45, 2.75) is 13.3 Å². The summed E-state index contributed by atoms with van der Waals surface area (Å²) in [5.74, 6) is 0. The Morgan fingerprint density at radius 2 is 2.29 bits per heavy atom. The molecule has 0 saturated carbocycles. The first-order valence-corrected chi connectivity index (χ1v) is 5.98. The maximum Gasteiger partial charge on any atom is 0.110 e. The van der Waals surface area contributed by atoms with Crippen LogP contribution < -0.4 is 0 Å². The van der Waals surface area contributed by atoms with Gasteiger partial charge in [0.15, 0.2) is 0 Å². The Morgan fingerprint density at radius 3 is 2.93 bits per heavy atom. The fraction of sp³-hybridized carbons (Fsp3) is 0.182. The number of hydrogen-bond donors (Lipinski definition) is 0. The average Bonchev–Trinajstić information content (AvgIpc) is 2.54. The SMILES string of the molecule is CCc1c(C#N)sc2cc(Br)ccc12. The van der Waals surface area contributed by atoms with Crippen molar-refractivity contribution in [2.75, 3.05) is 0 Å². The first-order chi connectivity index (χ1) is 6.76. The number of rotatable bonds is 1. The Morgan fingerprint density at radius 1 is 1.50 bits per heavy atom. The Balaban J connectivity index is 2.81. The van der Waals surface area contributed by atoms with Crippen LogP contribution >= 0.6 is 27.3 Å². The number of benzene rings is 1. The van der Waals surface area contributed by atoms with Crippen molar-refractivity contribution >= 4 is 37.4 Å². The van der Waals surface area contributed by atoms with Gasteiger partial charge in [-0.3, -0.25) is 0 Å². The van der Waals surface area contributed by atoms with Crippen molar-refractivity contribution in [1.82, 2.24) is 0 Å². The summed E-state index contributed by atoms with van der Waals surface area (Å²) in [5.41, 5.74) is 1.18. The summed E-state index contributed by atoms with van der Waals surface area (Å²) < 4.78 is 2.26. The van der Waals surface area contributed by atoms with E-state index in [0.29, 0.717) is 0 Å². The number of hydrogen-bond acceptors (Lipinski definition) is 2. The molecule has 3 heteroatoms. The molecule has 0 radical (unpaired) electrons. The number of nitriles is 1. The third-order valence-corrected chi connectivity index (χ3v) is 3.80. The van der Waals surface area contributed by atoms with Gasteiger partial charge in [0.2, 0.25) is 0 Å². The van der Waals surface area contributed by atoms with Gasteiger partial charge >= 0.3 is 0 Å². The number of thiophene rings is 1. The third kappa shape index (κ3) is 1.45. The van der Waals surface area contributed by atoms with Gasteiger partial charge in [0.05, 0.1) is 0 Å². The first kappa shape index (κ1) is 9.70. The highest BCUT2D eigenvalue weighted by Crippen LogP contribution is 2.32. The highest BCUT2D eigenvalue weighted by atomic mass is 79.9. The molecular formula is C11H8BrNS. The van der Waals surface area contributed by atoms with Gasteiger partial charge in [-0.25, -0.2) is 0 Å². The monoisotopic (exact) mass is 265 g/mol. The van der Waals surface area contributed by atoms with Gasteiger partial charge in [0, 0.05) is 9.17 Å². The van der Waals surface area contributed by atoms with Crippen LogP contribution in [0.2, 0.25) is 0 Å². The molecule has 0 aliphatic carbocycles. The summed E-state index contributed by atoms with van der Waals surface area (Å²) in [7, 11) is 0. The quantitative estimate of drug-likeness (QED) is 0.762. The van der Waals surface area contributed by atoms with E-state index in [1.165, 1.54) is 15.6 Å². The molecular weight excluding hydrogens is 258 g/mol. The molecule has 0 aliphatic heterocycles. The van der Waals surface area contributed by atoms with Crippen LogP contribution in [0.15, 0.2) is 22.7 Å². The second-order valence-electron chi connectivity index (χ2n) is 3.02. The number of halogens is 1. The van der Waals surface area contributed by atoms with Gasteiger partial charge in [-0.1, -0.05) is 28.9 Å². The Hall–Kier alpha value is -0.850. The van der Waals surface area contributed by atoms with Gasteiger partial charge in [-0.15, -0.1) is 11.3 Å². The summed E-state index contributed by atoms with van der Waals surface area (Å²) in [5, 5.41) is 10.2. The lowest BCUT2D eigenvalue weighted by atomic mass is 10.1. The van der Waals surface area contributed by atoms with E-state index in [2.05, 4.69) is 41.1 Å². The second kappa shape index (κ2) is 3.72. The van der Waals surface area contributed by atoms with Crippen LogP contribution in [-0.4, -0.2) is 0 Å². The molecule has 0 fully saturated rings. The van der Waals surface area contributed by atoms with E-state index in [4.69, 9.17) is 5.26 Å². The van der Waals surface area contributed by atoms with Crippen molar-refractivity contribution in [3.63, 3.8) is 0 Å². The summed E-state index contributed by atoms with van der Waals surface area (Å²) >= 11 is 5.01. The van der Waals surface area contributed by atoms with Crippen molar-refractivity contribution < 1.29 is 0 Å². The first-order valence-electron chi connectivity index (χ1n) is 4.37. The maximum absolute atomic E-state index is 8.97. The van der Waals surface area contributed by atoms with Gasteiger partial charge in [0.25, 0.3) is 0 Å². The predicted octanol–water partition coefficient (Wildman–Crippen LogP) is 4.10. The molecule has 1 aromatic carbocycles.